The topological polar surface area (TPSA) is 52.1 Å². The molecule has 6 heteroatoms. The number of hydrogen-bond acceptors (Lipinski definition) is 4. The van der Waals surface area contributed by atoms with Crippen LogP contribution in [0.3, 0.4) is 0 Å². The first-order valence-corrected chi connectivity index (χ1v) is 5.36. The van der Waals surface area contributed by atoms with Crippen molar-refractivity contribution in [3.63, 3.8) is 0 Å². The van der Waals surface area contributed by atoms with Gasteiger partial charge in [0, 0.05) is 11.8 Å². The fourth-order valence-electron chi connectivity index (χ4n) is 1.36. The summed E-state index contributed by atoms with van der Waals surface area (Å²) in [5.74, 6) is -1.21. The average molecular weight is 267 g/mol. The van der Waals surface area contributed by atoms with Gasteiger partial charge in [-0.05, 0) is 24.3 Å². The minimum absolute atomic E-state index is 0.00858. The Morgan fingerprint density at radius 3 is 2.83 bits per heavy atom. The van der Waals surface area contributed by atoms with Crippen LogP contribution in [0.5, 0.6) is 0 Å². The molecule has 92 valence electrons. The van der Waals surface area contributed by atoms with E-state index in [-0.39, 0.29) is 10.8 Å². The number of rotatable bonds is 2. The Hall–Kier alpha value is -2.01. The summed E-state index contributed by atoms with van der Waals surface area (Å²) in [6.07, 6.45) is 1.42. The fourth-order valence-corrected chi connectivity index (χ4v) is 1.55. The van der Waals surface area contributed by atoms with Crippen molar-refractivity contribution in [2.24, 2.45) is 0 Å². The van der Waals surface area contributed by atoms with E-state index in [2.05, 4.69) is 14.7 Å². The maximum Gasteiger partial charge on any atom is 0.376 e. The molecule has 0 bridgehead atoms. The molecular weight excluding hydrogens is 259 g/mol. The first-order valence-electron chi connectivity index (χ1n) is 4.98. The smallest absolute Gasteiger partial charge is 0.376 e. The van der Waals surface area contributed by atoms with Crippen LogP contribution in [0.4, 0.5) is 4.39 Å². The van der Waals surface area contributed by atoms with Gasteiger partial charge < -0.3 is 4.74 Å². The van der Waals surface area contributed by atoms with E-state index in [9.17, 15) is 9.18 Å². The number of halogens is 2. The molecular formula is C12H8ClFN2O2. The molecule has 0 aliphatic heterocycles. The largest absolute Gasteiger partial charge is 0.463 e. The van der Waals surface area contributed by atoms with Crippen LogP contribution in [0.1, 0.15) is 10.6 Å². The van der Waals surface area contributed by atoms with Gasteiger partial charge in [0.1, 0.15) is 5.82 Å². The van der Waals surface area contributed by atoms with Gasteiger partial charge in [0.25, 0.3) is 0 Å². The van der Waals surface area contributed by atoms with Gasteiger partial charge in [0.2, 0.25) is 5.82 Å². The lowest BCUT2D eigenvalue weighted by molar-refractivity contribution is 0.0587. The van der Waals surface area contributed by atoms with E-state index in [1.54, 1.807) is 6.07 Å². The first kappa shape index (κ1) is 12.4. The number of ether oxygens (including phenoxy) is 1. The van der Waals surface area contributed by atoms with Crippen LogP contribution in [0.25, 0.3) is 11.3 Å². The van der Waals surface area contributed by atoms with Crippen LogP contribution in [0, 0.1) is 5.82 Å². The van der Waals surface area contributed by atoms with Gasteiger partial charge in [-0.3, -0.25) is 0 Å². The molecule has 1 heterocycles. The standard InChI is InChI=1S/C12H8ClFN2O2/c1-18-12(17)11-15-5-4-10(16-11)7-2-3-9(14)8(13)6-7/h2-6H,1H3. The molecule has 2 aromatic rings. The van der Waals surface area contributed by atoms with E-state index >= 15 is 0 Å². The summed E-state index contributed by atoms with van der Waals surface area (Å²) in [7, 11) is 1.24. The Labute approximate surface area is 107 Å². The monoisotopic (exact) mass is 266 g/mol. The van der Waals surface area contributed by atoms with Crippen molar-refractivity contribution in [2.45, 2.75) is 0 Å². The third kappa shape index (κ3) is 2.46. The lowest BCUT2D eigenvalue weighted by atomic mass is 10.1. The van der Waals surface area contributed by atoms with Gasteiger partial charge in [0.15, 0.2) is 0 Å². The molecule has 18 heavy (non-hydrogen) atoms. The summed E-state index contributed by atoms with van der Waals surface area (Å²) in [5, 5.41) is -0.00858. The van der Waals surface area contributed by atoms with Crippen molar-refractivity contribution >= 4 is 17.6 Å². The number of carbonyl (C=O) groups excluding carboxylic acids is 1. The van der Waals surface area contributed by atoms with Crippen LogP contribution in [0.15, 0.2) is 30.5 Å². The van der Waals surface area contributed by atoms with Gasteiger partial charge in [-0.15, -0.1) is 0 Å². The lowest BCUT2D eigenvalue weighted by Crippen LogP contribution is -2.07. The van der Waals surface area contributed by atoms with Crippen molar-refractivity contribution < 1.29 is 13.9 Å². The first-order chi connectivity index (χ1) is 8.61. The highest BCUT2D eigenvalue weighted by atomic mass is 35.5. The molecule has 1 aromatic carbocycles. The zero-order chi connectivity index (χ0) is 13.1. The lowest BCUT2D eigenvalue weighted by Gasteiger charge is -2.03. The second-order valence-corrected chi connectivity index (χ2v) is 3.79. The van der Waals surface area contributed by atoms with E-state index in [1.807, 2.05) is 0 Å². The van der Waals surface area contributed by atoms with Crippen molar-refractivity contribution in [2.75, 3.05) is 7.11 Å². The minimum Gasteiger partial charge on any atom is -0.463 e. The number of hydrogen-bond donors (Lipinski definition) is 0. The molecule has 0 N–H and O–H groups in total. The fraction of sp³-hybridized carbons (Fsp3) is 0.0833. The summed E-state index contributed by atoms with van der Waals surface area (Å²) in [4.78, 5) is 19.1. The quantitative estimate of drug-likeness (QED) is 0.784. The summed E-state index contributed by atoms with van der Waals surface area (Å²) < 4.78 is 17.6. The van der Waals surface area contributed by atoms with E-state index in [0.29, 0.717) is 11.3 Å². The Kier molecular flexibility index (Phi) is 3.53. The number of benzene rings is 1. The molecule has 0 aliphatic rings. The van der Waals surface area contributed by atoms with Crippen LogP contribution in [0.2, 0.25) is 5.02 Å². The zero-order valence-corrected chi connectivity index (χ0v) is 10.1. The molecule has 0 radical (unpaired) electrons. The third-order valence-electron chi connectivity index (χ3n) is 2.24. The molecule has 0 fully saturated rings. The number of esters is 1. The van der Waals surface area contributed by atoms with E-state index < -0.39 is 11.8 Å². The Morgan fingerprint density at radius 2 is 2.17 bits per heavy atom. The van der Waals surface area contributed by atoms with E-state index in [0.717, 1.165) is 0 Å². The highest BCUT2D eigenvalue weighted by Gasteiger charge is 2.11. The van der Waals surface area contributed by atoms with E-state index in [4.69, 9.17) is 11.6 Å². The maximum absolute atomic E-state index is 13.0. The number of carbonyl (C=O) groups is 1. The third-order valence-corrected chi connectivity index (χ3v) is 2.53. The van der Waals surface area contributed by atoms with Crippen molar-refractivity contribution in [3.05, 3.63) is 47.1 Å². The number of methoxy groups -OCH3 is 1. The predicted molar refractivity (Wildman–Crippen MR) is 63.8 cm³/mol. The number of nitrogens with zero attached hydrogens (tertiary/aromatic N) is 2. The van der Waals surface area contributed by atoms with Crippen LogP contribution in [-0.4, -0.2) is 23.0 Å². The SMILES string of the molecule is COC(=O)c1nccc(-c2ccc(F)c(Cl)c2)n1. The molecule has 0 saturated carbocycles. The van der Waals surface area contributed by atoms with Gasteiger partial charge in [-0.1, -0.05) is 11.6 Å². The second-order valence-electron chi connectivity index (χ2n) is 3.39. The summed E-state index contributed by atoms with van der Waals surface area (Å²) in [5.41, 5.74) is 1.06. The highest BCUT2D eigenvalue weighted by Crippen LogP contribution is 2.23. The van der Waals surface area contributed by atoms with Crippen LogP contribution < -0.4 is 0 Å². The van der Waals surface area contributed by atoms with Crippen molar-refractivity contribution in [3.8, 4) is 11.3 Å². The maximum atomic E-state index is 13.0. The molecule has 0 atom stereocenters. The number of aromatic nitrogens is 2. The van der Waals surface area contributed by atoms with Crippen molar-refractivity contribution in [1.82, 2.24) is 9.97 Å². The summed E-state index contributed by atoms with van der Waals surface area (Å²) in [6, 6.07) is 5.78. The average Bonchev–Trinajstić information content (AvgIpc) is 2.41. The predicted octanol–water partition coefficient (Wildman–Crippen LogP) is 2.72. The molecule has 2 rings (SSSR count). The Morgan fingerprint density at radius 1 is 1.39 bits per heavy atom. The normalized spacial score (nSPS) is 10.2. The van der Waals surface area contributed by atoms with Crippen LogP contribution in [-0.2, 0) is 4.74 Å². The molecule has 0 unspecified atom stereocenters. The molecule has 0 saturated heterocycles. The van der Waals surface area contributed by atoms with Gasteiger partial charge in [0.05, 0.1) is 17.8 Å². The zero-order valence-electron chi connectivity index (χ0n) is 9.35. The second kappa shape index (κ2) is 5.10. The van der Waals surface area contributed by atoms with E-state index in [1.165, 1.54) is 31.5 Å². The molecule has 0 aliphatic carbocycles. The van der Waals surface area contributed by atoms with Gasteiger partial charge >= 0.3 is 5.97 Å². The van der Waals surface area contributed by atoms with Gasteiger partial charge in [-0.2, -0.15) is 0 Å². The van der Waals surface area contributed by atoms with Crippen molar-refractivity contribution in [1.29, 1.82) is 0 Å². The highest BCUT2D eigenvalue weighted by molar-refractivity contribution is 6.31. The molecule has 4 nitrogen and oxygen atoms in total. The molecule has 0 amide bonds. The minimum atomic E-state index is -0.634. The Bertz CT molecular complexity index is 604. The van der Waals surface area contributed by atoms with Crippen LogP contribution >= 0.6 is 11.6 Å². The molecule has 1 aromatic heterocycles. The molecule has 0 spiro atoms. The van der Waals surface area contributed by atoms with Gasteiger partial charge in [-0.25, -0.2) is 19.2 Å². The summed E-state index contributed by atoms with van der Waals surface area (Å²) in [6.45, 7) is 0. The Balaban J connectivity index is 2.44. The summed E-state index contributed by atoms with van der Waals surface area (Å²) >= 11 is 5.68.